The average Bonchev–Trinajstić information content (AvgIpc) is 2.75. The predicted molar refractivity (Wildman–Crippen MR) is 121 cm³/mol. The maximum absolute atomic E-state index is 12.9. The van der Waals surface area contributed by atoms with Crippen LogP contribution < -0.4 is 19.5 Å². The molecular formula is C22H21ClN2O5S. The molecule has 0 heterocycles. The Kier molecular flexibility index (Phi) is 7.04. The van der Waals surface area contributed by atoms with Gasteiger partial charge >= 0.3 is 0 Å². The molecule has 3 aromatic carbocycles. The smallest absolute Gasteiger partial charge is 0.263 e. The number of methoxy groups -OCH3 is 1. The molecule has 0 aliphatic rings. The Hall–Kier alpha value is -3.23. The number of rotatable bonds is 8. The van der Waals surface area contributed by atoms with Gasteiger partial charge in [-0.25, -0.2) is 8.42 Å². The molecule has 0 spiro atoms. The number of ether oxygens (including phenoxy) is 2. The number of sulfonamides is 1. The number of hydrogen-bond acceptors (Lipinski definition) is 5. The van der Waals surface area contributed by atoms with Gasteiger partial charge in [-0.05, 0) is 61.5 Å². The minimum absolute atomic E-state index is 0.00715. The number of benzene rings is 3. The maximum atomic E-state index is 12.9. The summed E-state index contributed by atoms with van der Waals surface area (Å²) in [7, 11) is -2.55. The van der Waals surface area contributed by atoms with Crippen LogP contribution in [0.2, 0.25) is 5.02 Å². The first-order valence-electron chi connectivity index (χ1n) is 9.33. The largest absolute Gasteiger partial charge is 0.495 e. The fourth-order valence-corrected chi connectivity index (χ4v) is 4.37. The SMILES string of the molecule is CCOc1ccc(NS(=O)(=O)c2cc(C(=O)Nc3ccccc3OC)ccc2Cl)cc1. The van der Waals surface area contributed by atoms with Gasteiger partial charge in [0, 0.05) is 11.3 Å². The number of amides is 1. The van der Waals surface area contributed by atoms with E-state index in [1.54, 1.807) is 48.5 Å². The molecule has 2 N–H and O–H groups in total. The summed E-state index contributed by atoms with van der Waals surface area (Å²) in [6, 6.07) is 17.4. The molecule has 0 fully saturated rings. The summed E-state index contributed by atoms with van der Waals surface area (Å²) >= 11 is 6.14. The van der Waals surface area contributed by atoms with Crippen LogP contribution in [0.4, 0.5) is 11.4 Å². The normalized spacial score (nSPS) is 10.9. The van der Waals surface area contributed by atoms with E-state index in [0.717, 1.165) is 0 Å². The first-order valence-corrected chi connectivity index (χ1v) is 11.2. The Balaban J connectivity index is 1.84. The zero-order valence-electron chi connectivity index (χ0n) is 16.9. The van der Waals surface area contributed by atoms with E-state index >= 15 is 0 Å². The second kappa shape index (κ2) is 9.72. The summed E-state index contributed by atoms with van der Waals surface area (Å²) in [6.07, 6.45) is 0. The third-order valence-corrected chi connectivity index (χ3v) is 6.12. The van der Waals surface area contributed by atoms with E-state index in [2.05, 4.69) is 10.0 Å². The van der Waals surface area contributed by atoms with E-state index in [4.69, 9.17) is 21.1 Å². The second-order valence-electron chi connectivity index (χ2n) is 6.36. The first kappa shape index (κ1) is 22.5. The van der Waals surface area contributed by atoms with Crippen molar-refractivity contribution in [1.82, 2.24) is 0 Å². The molecule has 0 aliphatic heterocycles. The van der Waals surface area contributed by atoms with Crippen LogP contribution in [0.5, 0.6) is 11.5 Å². The molecule has 0 saturated heterocycles. The molecule has 3 aromatic rings. The summed E-state index contributed by atoms with van der Waals surface area (Å²) in [5.41, 5.74) is 0.924. The lowest BCUT2D eigenvalue weighted by Gasteiger charge is -2.13. The Morgan fingerprint density at radius 2 is 1.74 bits per heavy atom. The molecule has 0 bridgehead atoms. The summed E-state index contributed by atoms with van der Waals surface area (Å²) in [5, 5.41) is 2.70. The van der Waals surface area contributed by atoms with Crippen LogP contribution in [0, 0.1) is 0 Å². The van der Waals surface area contributed by atoms with Crippen LogP contribution in [0.1, 0.15) is 17.3 Å². The molecule has 162 valence electrons. The van der Waals surface area contributed by atoms with Gasteiger partial charge in [0.1, 0.15) is 16.4 Å². The van der Waals surface area contributed by atoms with E-state index < -0.39 is 15.9 Å². The Morgan fingerprint density at radius 1 is 1.03 bits per heavy atom. The molecule has 0 aliphatic carbocycles. The highest BCUT2D eigenvalue weighted by molar-refractivity contribution is 7.92. The molecule has 31 heavy (non-hydrogen) atoms. The lowest BCUT2D eigenvalue weighted by atomic mass is 10.2. The highest BCUT2D eigenvalue weighted by atomic mass is 35.5. The summed E-state index contributed by atoms with van der Waals surface area (Å²) < 4.78 is 38.8. The zero-order chi connectivity index (χ0) is 22.4. The monoisotopic (exact) mass is 460 g/mol. The number of para-hydroxylation sites is 2. The van der Waals surface area contributed by atoms with E-state index in [1.807, 2.05) is 6.92 Å². The Morgan fingerprint density at radius 3 is 2.42 bits per heavy atom. The lowest BCUT2D eigenvalue weighted by Crippen LogP contribution is -2.16. The van der Waals surface area contributed by atoms with Crippen molar-refractivity contribution in [2.75, 3.05) is 23.8 Å². The van der Waals surface area contributed by atoms with Crippen LogP contribution in [-0.4, -0.2) is 28.0 Å². The maximum Gasteiger partial charge on any atom is 0.263 e. The number of carbonyl (C=O) groups is 1. The van der Waals surface area contributed by atoms with Gasteiger partial charge in [-0.15, -0.1) is 0 Å². The van der Waals surface area contributed by atoms with Crippen LogP contribution in [0.25, 0.3) is 0 Å². The van der Waals surface area contributed by atoms with Crippen molar-refractivity contribution in [3.05, 3.63) is 77.3 Å². The summed E-state index contributed by atoms with van der Waals surface area (Å²) in [5.74, 6) is 0.604. The Bertz CT molecular complexity index is 1180. The molecule has 9 heteroatoms. The highest BCUT2D eigenvalue weighted by Crippen LogP contribution is 2.28. The van der Waals surface area contributed by atoms with Crippen LogP contribution in [0.15, 0.2) is 71.6 Å². The summed E-state index contributed by atoms with van der Waals surface area (Å²) in [4.78, 5) is 12.5. The van der Waals surface area contributed by atoms with Crippen LogP contribution in [0.3, 0.4) is 0 Å². The molecule has 7 nitrogen and oxygen atoms in total. The van der Waals surface area contributed by atoms with Crippen molar-refractivity contribution in [3.8, 4) is 11.5 Å². The van der Waals surface area contributed by atoms with E-state index in [1.165, 1.54) is 25.3 Å². The van der Waals surface area contributed by atoms with Crippen molar-refractivity contribution >= 4 is 38.9 Å². The van der Waals surface area contributed by atoms with Gasteiger partial charge in [0.15, 0.2) is 0 Å². The van der Waals surface area contributed by atoms with Gasteiger partial charge < -0.3 is 14.8 Å². The van der Waals surface area contributed by atoms with Crippen molar-refractivity contribution in [2.45, 2.75) is 11.8 Å². The van der Waals surface area contributed by atoms with E-state index in [9.17, 15) is 13.2 Å². The van der Waals surface area contributed by atoms with E-state index in [-0.39, 0.29) is 15.5 Å². The van der Waals surface area contributed by atoms with Gasteiger partial charge in [0.25, 0.3) is 15.9 Å². The van der Waals surface area contributed by atoms with Crippen molar-refractivity contribution in [3.63, 3.8) is 0 Å². The molecule has 1 amide bonds. The van der Waals surface area contributed by atoms with Crippen molar-refractivity contribution in [1.29, 1.82) is 0 Å². The molecule has 0 saturated carbocycles. The van der Waals surface area contributed by atoms with Gasteiger partial charge in [0.2, 0.25) is 0 Å². The quantitative estimate of drug-likeness (QED) is 0.503. The molecule has 0 unspecified atom stereocenters. The third kappa shape index (κ3) is 5.48. The minimum atomic E-state index is -4.04. The fourth-order valence-electron chi connectivity index (χ4n) is 2.79. The zero-order valence-corrected chi connectivity index (χ0v) is 18.5. The Labute approximate surface area is 186 Å². The van der Waals surface area contributed by atoms with Gasteiger partial charge in [-0.2, -0.15) is 0 Å². The fraction of sp³-hybridized carbons (Fsp3) is 0.136. The molecule has 0 radical (unpaired) electrons. The molecule has 0 atom stereocenters. The number of hydrogen-bond donors (Lipinski definition) is 2. The average molecular weight is 461 g/mol. The van der Waals surface area contributed by atoms with Crippen LogP contribution >= 0.6 is 11.6 Å². The molecule has 3 rings (SSSR count). The molecule has 0 aromatic heterocycles. The van der Waals surface area contributed by atoms with Gasteiger partial charge in [-0.3, -0.25) is 9.52 Å². The van der Waals surface area contributed by atoms with Crippen molar-refractivity contribution in [2.24, 2.45) is 0 Å². The minimum Gasteiger partial charge on any atom is -0.495 e. The number of carbonyl (C=O) groups excluding carboxylic acids is 1. The first-order chi connectivity index (χ1) is 14.8. The third-order valence-electron chi connectivity index (χ3n) is 4.26. The lowest BCUT2D eigenvalue weighted by molar-refractivity contribution is 0.102. The van der Waals surface area contributed by atoms with E-state index in [0.29, 0.717) is 29.5 Å². The standard InChI is InChI=1S/C22H21ClN2O5S/c1-3-30-17-11-9-16(10-12-17)25-31(27,28)21-14-15(8-13-18(21)23)22(26)24-19-6-4-5-7-20(19)29-2/h4-14,25H,3H2,1-2H3,(H,24,26). The number of anilines is 2. The van der Waals surface area contributed by atoms with Crippen LogP contribution in [-0.2, 0) is 10.0 Å². The summed E-state index contributed by atoms with van der Waals surface area (Å²) in [6.45, 7) is 2.36. The predicted octanol–water partition coefficient (Wildman–Crippen LogP) is 4.80. The van der Waals surface area contributed by atoms with Gasteiger partial charge in [0.05, 0.1) is 24.4 Å². The molecular weight excluding hydrogens is 440 g/mol. The highest BCUT2D eigenvalue weighted by Gasteiger charge is 2.21. The van der Waals surface area contributed by atoms with Gasteiger partial charge in [-0.1, -0.05) is 23.7 Å². The van der Waals surface area contributed by atoms with Crippen molar-refractivity contribution < 1.29 is 22.7 Å². The number of nitrogens with one attached hydrogen (secondary N) is 2. The number of halogens is 1. The second-order valence-corrected chi connectivity index (χ2v) is 8.42. The topological polar surface area (TPSA) is 93.7 Å².